The van der Waals surface area contributed by atoms with E-state index < -0.39 is 16.2 Å². The highest BCUT2D eigenvalue weighted by atomic mass is 32.2. The first-order chi connectivity index (χ1) is 11.1. The van der Waals surface area contributed by atoms with Crippen molar-refractivity contribution in [2.24, 2.45) is 0 Å². The van der Waals surface area contributed by atoms with Crippen molar-refractivity contribution in [3.8, 4) is 0 Å². The van der Waals surface area contributed by atoms with Crippen molar-refractivity contribution in [3.05, 3.63) is 71.1 Å². The molecule has 0 saturated carbocycles. The molecule has 1 atom stereocenters. The summed E-state index contributed by atoms with van der Waals surface area (Å²) in [5.41, 5.74) is 1.35. The van der Waals surface area contributed by atoms with Crippen molar-refractivity contribution in [2.45, 2.75) is 11.9 Å². The molecule has 0 radical (unpaired) electrons. The van der Waals surface area contributed by atoms with Gasteiger partial charge in [0.2, 0.25) is 0 Å². The van der Waals surface area contributed by atoms with Gasteiger partial charge >= 0.3 is 0 Å². The third-order valence-electron chi connectivity index (χ3n) is 3.46. The van der Waals surface area contributed by atoms with Crippen LogP contribution < -0.4 is 0 Å². The summed E-state index contributed by atoms with van der Waals surface area (Å²) in [5.74, 6) is -0.203. The second-order valence-corrected chi connectivity index (χ2v) is 7.73. The molecular weight excluding hydrogens is 332 g/mol. The minimum absolute atomic E-state index is 0.203. The van der Waals surface area contributed by atoms with E-state index in [-0.39, 0.29) is 12.4 Å². The Morgan fingerprint density at radius 1 is 1.04 bits per heavy atom. The Morgan fingerprint density at radius 3 is 2.52 bits per heavy atom. The fraction of sp³-hybridized carbons (Fsp3) is 0.176. The second-order valence-electron chi connectivity index (χ2n) is 5.18. The topological polar surface area (TPSA) is 63.6 Å². The highest BCUT2D eigenvalue weighted by molar-refractivity contribution is 7.85. The van der Waals surface area contributed by atoms with Crippen molar-refractivity contribution in [1.82, 2.24) is 0 Å². The number of rotatable bonds is 6. The van der Waals surface area contributed by atoms with E-state index in [0.29, 0.717) is 11.1 Å². The normalized spacial score (nSPS) is 13.3. The maximum absolute atomic E-state index is 12.0. The zero-order chi connectivity index (χ0) is 16.3. The van der Waals surface area contributed by atoms with Gasteiger partial charge in [-0.1, -0.05) is 48.5 Å². The maximum atomic E-state index is 12.0. The zero-order valence-electron chi connectivity index (χ0n) is 12.3. The van der Waals surface area contributed by atoms with Crippen molar-refractivity contribution in [2.75, 3.05) is 6.61 Å². The van der Waals surface area contributed by atoms with E-state index in [1.54, 1.807) is 24.3 Å². The van der Waals surface area contributed by atoms with Crippen LogP contribution in [0.25, 0.3) is 10.1 Å². The molecule has 0 aliphatic heterocycles. The summed E-state index contributed by atoms with van der Waals surface area (Å²) in [6.45, 7) is -0.282. The van der Waals surface area contributed by atoms with Gasteiger partial charge in [0.05, 0.1) is 6.61 Å². The number of hydrogen-bond donors (Lipinski definition) is 1. The molecule has 1 N–H and O–H groups in total. The summed E-state index contributed by atoms with van der Waals surface area (Å²) in [4.78, 5) is 0. The molecule has 4 nitrogen and oxygen atoms in total. The fourth-order valence-corrected chi connectivity index (χ4v) is 4.36. The van der Waals surface area contributed by atoms with Gasteiger partial charge in [0.1, 0.15) is 11.9 Å². The van der Waals surface area contributed by atoms with Crippen LogP contribution in [0.15, 0.2) is 60.0 Å². The number of aliphatic hydroxyl groups excluding tert-OH is 1. The molecule has 0 fully saturated rings. The monoisotopic (exact) mass is 348 g/mol. The Bertz CT molecular complexity index is 885. The quantitative estimate of drug-likeness (QED) is 0.693. The van der Waals surface area contributed by atoms with Crippen LogP contribution >= 0.6 is 11.3 Å². The third kappa shape index (κ3) is 3.97. The SMILES string of the molecule is O=S(=O)(Cc1ccccc1)OC[C@H](O)c1csc2ccccc12. The zero-order valence-corrected chi connectivity index (χ0v) is 13.9. The molecule has 1 aromatic heterocycles. The van der Waals surface area contributed by atoms with Crippen LogP contribution in [0.4, 0.5) is 0 Å². The fourth-order valence-electron chi connectivity index (χ4n) is 2.33. The van der Waals surface area contributed by atoms with Crippen LogP contribution in [-0.4, -0.2) is 20.1 Å². The lowest BCUT2D eigenvalue weighted by molar-refractivity contribution is 0.112. The highest BCUT2D eigenvalue weighted by Crippen LogP contribution is 2.30. The third-order valence-corrected chi connectivity index (χ3v) is 5.63. The first-order valence-corrected chi connectivity index (χ1v) is 9.56. The van der Waals surface area contributed by atoms with Crippen molar-refractivity contribution in [1.29, 1.82) is 0 Å². The van der Waals surface area contributed by atoms with Gasteiger partial charge in [-0.25, -0.2) is 0 Å². The van der Waals surface area contributed by atoms with Crippen molar-refractivity contribution in [3.63, 3.8) is 0 Å². The number of aliphatic hydroxyl groups is 1. The van der Waals surface area contributed by atoms with Crippen LogP contribution in [0.5, 0.6) is 0 Å². The molecule has 1 heterocycles. The Kier molecular flexibility index (Phi) is 4.77. The average molecular weight is 348 g/mol. The molecule has 0 spiro atoms. The number of benzene rings is 2. The minimum atomic E-state index is -3.73. The van der Waals surface area contributed by atoms with Crippen LogP contribution in [0.2, 0.25) is 0 Å². The van der Waals surface area contributed by atoms with Crippen molar-refractivity contribution >= 4 is 31.5 Å². The summed E-state index contributed by atoms with van der Waals surface area (Å²) < 4.78 is 30.1. The second kappa shape index (κ2) is 6.80. The van der Waals surface area contributed by atoms with Gasteiger partial charge in [-0.15, -0.1) is 11.3 Å². The molecule has 0 amide bonds. The highest BCUT2D eigenvalue weighted by Gasteiger charge is 2.18. The van der Waals surface area contributed by atoms with Crippen LogP contribution in [0, 0.1) is 0 Å². The Balaban J connectivity index is 1.67. The minimum Gasteiger partial charge on any atom is -0.386 e. The largest absolute Gasteiger partial charge is 0.386 e. The number of fused-ring (bicyclic) bond motifs is 1. The summed E-state index contributed by atoms with van der Waals surface area (Å²) >= 11 is 1.51. The van der Waals surface area contributed by atoms with Gasteiger partial charge in [-0.05, 0) is 22.4 Å². The first kappa shape index (κ1) is 16.1. The van der Waals surface area contributed by atoms with E-state index in [9.17, 15) is 13.5 Å². The van der Waals surface area contributed by atoms with E-state index in [1.807, 2.05) is 35.7 Å². The molecule has 0 unspecified atom stereocenters. The maximum Gasteiger partial charge on any atom is 0.271 e. The Labute approximate surface area is 139 Å². The van der Waals surface area contributed by atoms with Gasteiger partial charge in [0, 0.05) is 10.3 Å². The molecule has 6 heteroatoms. The summed E-state index contributed by atoms with van der Waals surface area (Å²) in [6.07, 6.45) is -0.975. The van der Waals surface area contributed by atoms with E-state index in [0.717, 1.165) is 10.1 Å². The van der Waals surface area contributed by atoms with Gasteiger partial charge < -0.3 is 5.11 Å². The lowest BCUT2D eigenvalue weighted by Crippen LogP contribution is -2.14. The molecule has 0 aliphatic rings. The number of hydrogen-bond acceptors (Lipinski definition) is 5. The van der Waals surface area contributed by atoms with Crippen LogP contribution in [0.3, 0.4) is 0 Å². The Morgan fingerprint density at radius 2 is 1.74 bits per heavy atom. The van der Waals surface area contributed by atoms with Crippen molar-refractivity contribution < 1.29 is 17.7 Å². The molecule has 0 saturated heterocycles. The summed E-state index contributed by atoms with van der Waals surface area (Å²) in [5, 5.41) is 13.0. The Hall–Kier alpha value is -1.73. The smallest absolute Gasteiger partial charge is 0.271 e. The van der Waals surface area contributed by atoms with E-state index in [1.165, 1.54) is 11.3 Å². The standard InChI is InChI=1S/C17H16O4S2/c18-16(15-11-22-17-9-5-4-8-14(15)17)10-21-23(19,20)12-13-6-2-1-3-7-13/h1-9,11,16,18H,10,12H2/t16-/m0/s1. The molecule has 23 heavy (non-hydrogen) atoms. The lowest BCUT2D eigenvalue weighted by Gasteiger charge is -2.11. The van der Waals surface area contributed by atoms with Gasteiger partial charge in [-0.3, -0.25) is 4.18 Å². The van der Waals surface area contributed by atoms with Crippen LogP contribution in [0.1, 0.15) is 17.2 Å². The summed E-state index contributed by atoms with van der Waals surface area (Å²) in [7, 11) is -3.73. The average Bonchev–Trinajstić information content (AvgIpc) is 2.97. The predicted molar refractivity (Wildman–Crippen MR) is 91.8 cm³/mol. The van der Waals surface area contributed by atoms with E-state index in [4.69, 9.17) is 4.18 Å². The molecular formula is C17H16O4S2. The predicted octanol–water partition coefficient (Wildman–Crippen LogP) is 3.48. The van der Waals surface area contributed by atoms with Gasteiger partial charge in [-0.2, -0.15) is 8.42 Å². The summed E-state index contributed by atoms with van der Waals surface area (Å²) in [6, 6.07) is 16.5. The van der Waals surface area contributed by atoms with E-state index in [2.05, 4.69) is 0 Å². The van der Waals surface area contributed by atoms with Crippen LogP contribution in [-0.2, 0) is 20.1 Å². The molecule has 2 aromatic carbocycles. The molecule has 3 aromatic rings. The molecule has 0 bridgehead atoms. The molecule has 0 aliphatic carbocycles. The first-order valence-electron chi connectivity index (χ1n) is 7.10. The lowest BCUT2D eigenvalue weighted by atomic mass is 10.1. The van der Waals surface area contributed by atoms with E-state index >= 15 is 0 Å². The van der Waals surface area contributed by atoms with Gasteiger partial charge in [0.25, 0.3) is 10.1 Å². The molecule has 3 rings (SSSR count). The number of thiophene rings is 1. The van der Waals surface area contributed by atoms with Gasteiger partial charge in [0.15, 0.2) is 0 Å². The molecule has 120 valence electrons.